The number of benzene rings is 2. The third-order valence-corrected chi connectivity index (χ3v) is 6.36. The molecule has 2 aromatic rings. The number of sulfonamides is 1. The van der Waals surface area contributed by atoms with Crippen molar-refractivity contribution in [3.05, 3.63) is 64.7 Å². The van der Waals surface area contributed by atoms with Crippen LogP contribution in [0.4, 0.5) is 5.69 Å². The van der Waals surface area contributed by atoms with E-state index in [-0.39, 0.29) is 23.9 Å². The Morgan fingerprint density at radius 2 is 1.76 bits per heavy atom. The second kappa shape index (κ2) is 11.3. The first-order valence-corrected chi connectivity index (χ1v) is 12.6. The van der Waals surface area contributed by atoms with Gasteiger partial charge in [-0.05, 0) is 50.6 Å². The second-order valence-corrected chi connectivity index (χ2v) is 9.94. The van der Waals surface area contributed by atoms with E-state index in [1.54, 1.807) is 50.2 Å². The molecule has 0 bridgehead atoms. The highest BCUT2D eigenvalue weighted by Gasteiger charge is 2.30. The summed E-state index contributed by atoms with van der Waals surface area (Å²) in [6, 6.07) is 12.1. The van der Waals surface area contributed by atoms with Gasteiger partial charge in [-0.1, -0.05) is 35.9 Å². The number of hydrogen-bond donors (Lipinski definition) is 1. The molecule has 2 aromatic carbocycles. The smallest absolute Gasteiger partial charge is 0.244 e. The molecule has 0 aliphatic rings. The molecule has 0 aliphatic heterocycles. The van der Waals surface area contributed by atoms with Crippen molar-refractivity contribution in [2.45, 2.75) is 33.4 Å². The lowest BCUT2D eigenvalue weighted by molar-refractivity contribution is -0.139. The van der Waals surface area contributed by atoms with E-state index >= 15 is 0 Å². The number of Topliss-reactive ketones (excluding diaryl/α,β-unsaturated/α-hetero) is 1. The molecule has 0 saturated heterocycles. The summed E-state index contributed by atoms with van der Waals surface area (Å²) in [6.07, 6.45) is 0.981. The SMILES string of the molecule is CCNC(=O)[C@H](C)N(Cc1cccc(Cl)c1)C(=O)CN(c1cccc(C(C)=O)c1)S(C)(=O)=O. The summed E-state index contributed by atoms with van der Waals surface area (Å²) in [4.78, 5) is 39.0. The molecule has 2 amide bonds. The first-order chi connectivity index (χ1) is 15.4. The van der Waals surface area contributed by atoms with E-state index in [1.807, 2.05) is 0 Å². The van der Waals surface area contributed by atoms with Crippen molar-refractivity contribution in [3.8, 4) is 0 Å². The fraction of sp³-hybridized carbons (Fsp3) is 0.348. The van der Waals surface area contributed by atoms with Crippen molar-refractivity contribution in [1.29, 1.82) is 0 Å². The maximum absolute atomic E-state index is 13.4. The maximum atomic E-state index is 13.4. The Bertz CT molecular complexity index is 1140. The zero-order chi connectivity index (χ0) is 24.8. The standard InChI is InChI=1S/C23H28ClN3O5S/c1-5-25-23(30)16(2)26(14-18-8-6-10-20(24)12-18)22(29)15-27(33(4,31)32)21-11-7-9-19(13-21)17(3)28/h6-13,16H,5,14-15H2,1-4H3,(H,25,30)/t16-/m0/s1. The molecule has 1 N–H and O–H groups in total. The fourth-order valence-electron chi connectivity index (χ4n) is 3.23. The van der Waals surface area contributed by atoms with Crippen molar-refractivity contribution in [2.75, 3.05) is 23.7 Å². The first-order valence-electron chi connectivity index (χ1n) is 10.3. The molecule has 0 spiro atoms. The number of likely N-dealkylation sites (N-methyl/N-ethyl adjacent to an activating group) is 1. The van der Waals surface area contributed by atoms with E-state index in [1.165, 1.54) is 24.0 Å². The van der Waals surface area contributed by atoms with E-state index in [0.717, 1.165) is 10.6 Å². The van der Waals surface area contributed by atoms with Gasteiger partial charge in [0, 0.05) is 23.7 Å². The van der Waals surface area contributed by atoms with Crippen LogP contribution in [0.5, 0.6) is 0 Å². The zero-order valence-corrected chi connectivity index (χ0v) is 20.6. The Morgan fingerprint density at radius 3 is 2.33 bits per heavy atom. The van der Waals surface area contributed by atoms with Crippen molar-refractivity contribution in [1.82, 2.24) is 10.2 Å². The number of nitrogens with zero attached hydrogens (tertiary/aromatic N) is 2. The highest BCUT2D eigenvalue weighted by molar-refractivity contribution is 7.92. The quantitative estimate of drug-likeness (QED) is 0.512. The van der Waals surface area contributed by atoms with E-state index in [2.05, 4.69) is 5.32 Å². The number of ketones is 1. The van der Waals surface area contributed by atoms with Crippen LogP contribution >= 0.6 is 11.6 Å². The van der Waals surface area contributed by atoms with Crippen molar-refractivity contribution >= 4 is 44.9 Å². The van der Waals surface area contributed by atoms with Crippen LogP contribution in [0, 0.1) is 0 Å². The molecule has 178 valence electrons. The summed E-state index contributed by atoms with van der Waals surface area (Å²) in [5.74, 6) is -1.17. The van der Waals surface area contributed by atoms with Crippen LogP contribution < -0.4 is 9.62 Å². The van der Waals surface area contributed by atoms with Crippen LogP contribution in [0.15, 0.2) is 48.5 Å². The molecule has 10 heteroatoms. The van der Waals surface area contributed by atoms with Gasteiger partial charge in [-0.2, -0.15) is 0 Å². The minimum Gasteiger partial charge on any atom is -0.355 e. The minimum atomic E-state index is -3.87. The Hall–Kier alpha value is -2.91. The number of hydrogen-bond acceptors (Lipinski definition) is 5. The van der Waals surface area contributed by atoms with Crippen molar-refractivity contribution in [3.63, 3.8) is 0 Å². The number of rotatable bonds is 10. The van der Waals surface area contributed by atoms with Gasteiger partial charge in [0.15, 0.2) is 5.78 Å². The molecule has 0 saturated carbocycles. The largest absolute Gasteiger partial charge is 0.355 e. The number of nitrogens with one attached hydrogen (secondary N) is 1. The molecule has 2 rings (SSSR count). The number of amides is 2. The average Bonchev–Trinajstić information content (AvgIpc) is 2.74. The van der Waals surface area contributed by atoms with Crippen LogP contribution in [-0.2, 0) is 26.2 Å². The minimum absolute atomic E-state index is 0.0583. The van der Waals surface area contributed by atoms with Gasteiger partial charge in [0.05, 0.1) is 11.9 Å². The molecule has 0 fully saturated rings. The summed E-state index contributed by atoms with van der Waals surface area (Å²) < 4.78 is 26.0. The van der Waals surface area contributed by atoms with Gasteiger partial charge in [-0.3, -0.25) is 18.7 Å². The van der Waals surface area contributed by atoms with Gasteiger partial charge in [-0.25, -0.2) is 8.42 Å². The highest BCUT2D eigenvalue weighted by Crippen LogP contribution is 2.21. The summed E-state index contributed by atoms with van der Waals surface area (Å²) in [5, 5.41) is 3.16. The molecule has 0 aromatic heterocycles. The van der Waals surface area contributed by atoms with Crippen LogP contribution in [0.25, 0.3) is 0 Å². The molecule has 8 nitrogen and oxygen atoms in total. The fourth-order valence-corrected chi connectivity index (χ4v) is 4.28. The Balaban J connectivity index is 2.42. The van der Waals surface area contributed by atoms with Crippen LogP contribution in [0.2, 0.25) is 5.02 Å². The molecular weight excluding hydrogens is 466 g/mol. The van der Waals surface area contributed by atoms with Gasteiger partial charge in [0.1, 0.15) is 12.6 Å². The number of halogens is 1. The molecule has 1 atom stereocenters. The Morgan fingerprint density at radius 1 is 1.09 bits per heavy atom. The van der Waals surface area contributed by atoms with Crippen LogP contribution in [0.3, 0.4) is 0 Å². The van der Waals surface area contributed by atoms with Crippen molar-refractivity contribution in [2.24, 2.45) is 0 Å². The molecule has 0 unspecified atom stereocenters. The average molecular weight is 494 g/mol. The third kappa shape index (κ3) is 7.30. The van der Waals surface area contributed by atoms with Gasteiger partial charge in [0.2, 0.25) is 21.8 Å². The lowest BCUT2D eigenvalue weighted by atomic mass is 10.1. The summed E-state index contributed by atoms with van der Waals surface area (Å²) in [5.41, 5.74) is 1.20. The first kappa shape index (κ1) is 26.3. The van der Waals surface area contributed by atoms with E-state index < -0.39 is 28.5 Å². The summed E-state index contributed by atoms with van der Waals surface area (Å²) in [7, 11) is -3.87. The van der Waals surface area contributed by atoms with Gasteiger partial charge in [-0.15, -0.1) is 0 Å². The summed E-state index contributed by atoms with van der Waals surface area (Å²) >= 11 is 6.07. The molecule has 0 aliphatic carbocycles. The number of carbonyl (C=O) groups excluding carboxylic acids is 3. The number of carbonyl (C=O) groups is 3. The molecule has 0 heterocycles. The maximum Gasteiger partial charge on any atom is 0.244 e. The Kier molecular flexibility index (Phi) is 9.01. The van der Waals surface area contributed by atoms with Crippen LogP contribution in [0.1, 0.15) is 36.7 Å². The summed E-state index contributed by atoms with van der Waals surface area (Å²) in [6.45, 7) is 4.62. The highest BCUT2D eigenvalue weighted by atomic mass is 35.5. The zero-order valence-electron chi connectivity index (χ0n) is 19.0. The molecule has 0 radical (unpaired) electrons. The normalized spacial score (nSPS) is 12.0. The number of anilines is 1. The lowest BCUT2D eigenvalue weighted by Gasteiger charge is -2.31. The van der Waals surface area contributed by atoms with Gasteiger partial charge in [0.25, 0.3) is 0 Å². The second-order valence-electron chi connectivity index (χ2n) is 7.60. The molecular formula is C23H28ClN3O5S. The van der Waals surface area contributed by atoms with E-state index in [0.29, 0.717) is 22.7 Å². The van der Waals surface area contributed by atoms with Crippen LogP contribution in [-0.4, -0.2) is 56.3 Å². The monoisotopic (exact) mass is 493 g/mol. The van der Waals surface area contributed by atoms with Gasteiger partial charge < -0.3 is 10.2 Å². The Labute approximate surface area is 199 Å². The predicted molar refractivity (Wildman–Crippen MR) is 129 cm³/mol. The van der Waals surface area contributed by atoms with Gasteiger partial charge >= 0.3 is 0 Å². The predicted octanol–water partition coefficient (Wildman–Crippen LogP) is 2.86. The van der Waals surface area contributed by atoms with E-state index in [9.17, 15) is 22.8 Å². The van der Waals surface area contributed by atoms with E-state index in [4.69, 9.17) is 11.6 Å². The third-order valence-electron chi connectivity index (χ3n) is 4.98. The topological polar surface area (TPSA) is 104 Å². The van der Waals surface area contributed by atoms with Crippen molar-refractivity contribution < 1.29 is 22.8 Å². The molecule has 33 heavy (non-hydrogen) atoms. The lowest BCUT2D eigenvalue weighted by Crippen LogP contribution is -2.51.